The number of cyclic esters (lactones) is 2. The van der Waals surface area contributed by atoms with E-state index in [1.165, 1.54) is 16.8 Å². The van der Waals surface area contributed by atoms with Gasteiger partial charge >= 0.3 is 12.1 Å². The van der Waals surface area contributed by atoms with Crippen LogP contribution in [0.2, 0.25) is 5.04 Å². The Bertz CT molecular complexity index is 1270. The maximum absolute atomic E-state index is 11.7. The fourth-order valence-corrected chi connectivity index (χ4v) is 10.5. The van der Waals surface area contributed by atoms with Gasteiger partial charge in [-0.05, 0) is 47.7 Å². The summed E-state index contributed by atoms with van der Waals surface area (Å²) in [5.74, 6) is -0.245. The maximum atomic E-state index is 11.7. The summed E-state index contributed by atoms with van der Waals surface area (Å²) < 4.78 is 22.9. The van der Waals surface area contributed by atoms with Gasteiger partial charge in [-0.2, -0.15) is 0 Å². The van der Waals surface area contributed by atoms with E-state index in [9.17, 15) is 9.59 Å². The van der Waals surface area contributed by atoms with Gasteiger partial charge in [-0.25, -0.2) is 4.79 Å². The van der Waals surface area contributed by atoms with Crippen molar-refractivity contribution in [2.45, 2.75) is 103 Å². The number of ether oxygens (including phenoxy) is 3. The van der Waals surface area contributed by atoms with E-state index < -0.39 is 26.7 Å². The van der Waals surface area contributed by atoms with Gasteiger partial charge in [0.2, 0.25) is 0 Å². The zero-order valence-electron chi connectivity index (χ0n) is 28.2. The van der Waals surface area contributed by atoms with Crippen LogP contribution >= 0.6 is 0 Å². The third-order valence-corrected chi connectivity index (χ3v) is 13.1. The fourth-order valence-electron chi connectivity index (χ4n) is 5.80. The van der Waals surface area contributed by atoms with Crippen molar-refractivity contribution >= 4 is 30.8 Å². The van der Waals surface area contributed by atoms with Crippen LogP contribution < -0.4 is 10.4 Å². The quantitative estimate of drug-likeness (QED) is 0.0703. The molecule has 1 aliphatic rings. The van der Waals surface area contributed by atoms with Crippen LogP contribution in [0.4, 0.5) is 4.79 Å². The Labute approximate surface area is 277 Å². The van der Waals surface area contributed by atoms with Gasteiger partial charge < -0.3 is 18.6 Å². The lowest BCUT2D eigenvalue weighted by Gasteiger charge is -2.45. The molecule has 0 unspecified atom stereocenters. The highest BCUT2D eigenvalue weighted by atomic mass is 28.4. The summed E-state index contributed by atoms with van der Waals surface area (Å²) in [5.41, 5.74) is 0. The van der Waals surface area contributed by atoms with E-state index in [4.69, 9.17) is 18.6 Å². The average molecular weight is 645 g/mol. The average Bonchev–Trinajstić information content (AvgIpc) is 3.39. The van der Waals surface area contributed by atoms with Crippen LogP contribution in [0.25, 0.3) is 0 Å². The van der Waals surface area contributed by atoms with Gasteiger partial charge in [0.15, 0.2) is 6.10 Å². The molecule has 1 heterocycles. The number of rotatable bonds is 18. The molecular weight excluding hydrogens is 593 g/mol. The predicted octanol–water partition coefficient (Wildman–Crippen LogP) is 8.37. The standard InChI is InChI=1S/C39H52O6Si/c1-6-8-15-23-32(45-46(39(3,4)5,33-25-17-13-18-26-33)34-27-19-14-20-28-34)24-16-11-9-10-12-21-29-35-36(44-38(41)43-35)30-22-31-37(40)42-7-2/h9-14,16-21,24-29,32,35-36H,6-8,15,22-23,30-31H2,1-5H3/b11-9+,12-10+,24-16+,29-21+/t32-,35+,36-/m0/s1. The summed E-state index contributed by atoms with van der Waals surface area (Å²) in [5, 5.41) is 2.48. The largest absolute Gasteiger partial charge is 0.509 e. The van der Waals surface area contributed by atoms with E-state index in [0.717, 1.165) is 19.3 Å². The normalized spacial score (nSPS) is 18.1. The highest BCUT2D eigenvalue weighted by Crippen LogP contribution is 2.38. The summed E-state index contributed by atoms with van der Waals surface area (Å²) in [4.78, 5) is 23.3. The first kappa shape index (κ1) is 36.8. The van der Waals surface area contributed by atoms with Gasteiger partial charge in [-0.15, -0.1) is 0 Å². The van der Waals surface area contributed by atoms with Crippen molar-refractivity contribution in [2.24, 2.45) is 0 Å². The maximum Gasteiger partial charge on any atom is 0.509 e. The molecule has 7 heteroatoms. The van der Waals surface area contributed by atoms with E-state index in [1.54, 1.807) is 6.92 Å². The van der Waals surface area contributed by atoms with Crippen LogP contribution in [0.5, 0.6) is 0 Å². The number of carbonyl (C=O) groups excluding carboxylic acids is 2. The number of hydrogen-bond acceptors (Lipinski definition) is 6. The van der Waals surface area contributed by atoms with Crippen molar-refractivity contribution in [2.75, 3.05) is 6.61 Å². The molecule has 1 aliphatic heterocycles. The van der Waals surface area contributed by atoms with Gasteiger partial charge in [-0.3, -0.25) is 4.79 Å². The monoisotopic (exact) mass is 644 g/mol. The van der Waals surface area contributed by atoms with Crippen LogP contribution in [-0.4, -0.2) is 45.4 Å². The van der Waals surface area contributed by atoms with E-state index in [1.807, 2.05) is 36.5 Å². The van der Waals surface area contributed by atoms with Gasteiger partial charge in [0, 0.05) is 6.42 Å². The van der Waals surface area contributed by atoms with Crippen molar-refractivity contribution in [1.82, 2.24) is 0 Å². The topological polar surface area (TPSA) is 71.1 Å². The molecule has 0 saturated carbocycles. The molecule has 46 heavy (non-hydrogen) atoms. The Morgan fingerprint density at radius 3 is 2.04 bits per heavy atom. The Morgan fingerprint density at radius 1 is 0.848 bits per heavy atom. The van der Waals surface area contributed by atoms with Crippen LogP contribution in [0.15, 0.2) is 109 Å². The zero-order valence-corrected chi connectivity index (χ0v) is 29.2. The lowest BCUT2D eigenvalue weighted by molar-refractivity contribution is -0.143. The number of allylic oxidation sites excluding steroid dienone is 6. The van der Waals surface area contributed by atoms with E-state index in [-0.39, 0.29) is 17.1 Å². The molecule has 0 aliphatic carbocycles. The Morgan fingerprint density at radius 2 is 1.46 bits per heavy atom. The van der Waals surface area contributed by atoms with Gasteiger partial charge in [0.25, 0.3) is 8.32 Å². The first-order valence-corrected chi connectivity index (χ1v) is 18.6. The lowest BCUT2D eigenvalue weighted by atomic mass is 10.1. The molecule has 0 bridgehead atoms. The first-order valence-electron chi connectivity index (χ1n) is 16.7. The number of carbonyl (C=O) groups is 2. The third kappa shape index (κ3) is 11.0. The minimum atomic E-state index is -2.67. The minimum Gasteiger partial charge on any atom is -0.466 e. The highest BCUT2D eigenvalue weighted by molar-refractivity contribution is 6.99. The second kappa shape index (κ2) is 19.1. The summed E-state index contributed by atoms with van der Waals surface area (Å²) in [6.07, 6.45) is 19.9. The Balaban J connectivity index is 1.70. The molecule has 0 N–H and O–H groups in total. The summed E-state index contributed by atoms with van der Waals surface area (Å²) in [6.45, 7) is 11.3. The van der Waals surface area contributed by atoms with Crippen molar-refractivity contribution in [1.29, 1.82) is 0 Å². The van der Waals surface area contributed by atoms with Crippen LogP contribution in [0, 0.1) is 0 Å². The smallest absolute Gasteiger partial charge is 0.466 e. The van der Waals surface area contributed by atoms with Crippen molar-refractivity contribution in [3.63, 3.8) is 0 Å². The molecule has 0 radical (unpaired) electrons. The molecule has 3 rings (SSSR count). The second-order valence-corrected chi connectivity index (χ2v) is 16.8. The Kier molecular flexibility index (Phi) is 15.3. The summed E-state index contributed by atoms with van der Waals surface area (Å²) in [7, 11) is -2.67. The molecule has 1 fully saturated rings. The van der Waals surface area contributed by atoms with Crippen LogP contribution in [-0.2, 0) is 23.4 Å². The molecule has 0 aromatic heterocycles. The predicted molar refractivity (Wildman–Crippen MR) is 189 cm³/mol. The molecule has 2 aromatic rings. The van der Waals surface area contributed by atoms with Crippen molar-refractivity contribution < 1.29 is 28.2 Å². The molecular formula is C39H52O6Si. The molecule has 1 saturated heterocycles. The molecule has 0 spiro atoms. The second-order valence-electron chi connectivity index (χ2n) is 12.5. The van der Waals surface area contributed by atoms with E-state index in [0.29, 0.717) is 25.9 Å². The number of benzene rings is 2. The molecule has 248 valence electrons. The number of hydrogen-bond donors (Lipinski definition) is 0. The van der Waals surface area contributed by atoms with Crippen molar-refractivity contribution in [3.05, 3.63) is 109 Å². The number of esters is 1. The highest BCUT2D eigenvalue weighted by Gasteiger charge is 2.51. The van der Waals surface area contributed by atoms with Crippen molar-refractivity contribution in [3.8, 4) is 0 Å². The van der Waals surface area contributed by atoms with Gasteiger partial charge in [0.1, 0.15) is 6.10 Å². The first-order chi connectivity index (χ1) is 22.2. The zero-order chi connectivity index (χ0) is 33.3. The van der Waals surface area contributed by atoms with Crippen LogP contribution in [0.1, 0.15) is 79.6 Å². The van der Waals surface area contributed by atoms with Gasteiger partial charge in [-0.1, -0.05) is 150 Å². The lowest BCUT2D eigenvalue weighted by Crippen LogP contribution is -2.67. The SMILES string of the molecule is CCCCC[C@@H](/C=C/C=C/C=C/C=C/[C@H]1OC(=O)O[C@H]1CCCC(=O)OCC)O[Si](c1ccccc1)(c1ccccc1)C(C)(C)C. The summed E-state index contributed by atoms with van der Waals surface area (Å²) >= 11 is 0. The third-order valence-electron chi connectivity index (χ3n) is 8.04. The molecule has 3 atom stereocenters. The van der Waals surface area contributed by atoms with E-state index in [2.05, 4.69) is 101 Å². The summed E-state index contributed by atoms with van der Waals surface area (Å²) in [6, 6.07) is 21.6. The molecule has 0 amide bonds. The number of unbranched alkanes of at least 4 members (excludes halogenated alkanes) is 2. The van der Waals surface area contributed by atoms with Gasteiger partial charge in [0.05, 0.1) is 12.7 Å². The molecule has 6 nitrogen and oxygen atoms in total. The molecule has 2 aromatic carbocycles. The minimum absolute atomic E-state index is 0.0239. The van der Waals surface area contributed by atoms with E-state index >= 15 is 0 Å². The fraction of sp³-hybridized carbons (Fsp3) is 0.436. The van der Waals surface area contributed by atoms with Crippen LogP contribution in [0.3, 0.4) is 0 Å². The Hall–Kier alpha value is -3.68.